The predicted octanol–water partition coefficient (Wildman–Crippen LogP) is 2.29. The van der Waals surface area contributed by atoms with E-state index in [2.05, 4.69) is 21.7 Å². The monoisotopic (exact) mass is 215 g/mol. The van der Waals surface area contributed by atoms with Crippen molar-refractivity contribution in [2.75, 3.05) is 0 Å². The zero-order valence-electron chi connectivity index (χ0n) is 9.50. The highest BCUT2D eigenvalue weighted by molar-refractivity contribution is 5.54. The van der Waals surface area contributed by atoms with Gasteiger partial charge in [-0.2, -0.15) is 0 Å². The van der Waals surface area contributed by atoms with E-state index >= 15 is 0 Å². The van der Waals surface area contributed by atoms with E-state index in [4.69, 9.17) is 5.73 Å². The van der Waals surface area contributed by atoms with Crippen LogP contribution in [0.2, 0.25) is 0 Å². The zero-order valence-corrected chi connectivity index (χ0v) is 9.50. The second-order valence-electron chi connectivity index (χ2n) is 4.08. The molecular weight excluding hydrogens is 198 g/mol. The van der Waals surface area contributed by atoms with Crippen molar-refractivity contribution in [1.82, 2.24) is 9.55 Å². The fourth-order valence-electron chi connectivity index (χ4n) is 1.68. The maximum absolute atomic E-state index is 5.76. The lowest BCUT2D eigenvalue weighted by atomic mass is 10.2. The second kappa shape index (κ2) is 4.94. The molecule has 0 spiro atoms. The molecule has 84 valence electrons. The van der Waals surface area contributed by atoms with E-state index < -0.39 is 0 Å². The van der Waals surface area contributed by atoms with Crippen molar-refractivity contribution in [2.24, 2.45) is 5.73 Å². The van der Waals surface area contributed by atoms with Gasteiger partial charge in [-0.3, -0.25) is 0 Å². The van der Waals surface area contributed by atoms with Crippen LogP contribution in [0.5, 0.6) is 0 Å². The molecule has 0 saturated heterocycles. The quantitative estimate of drug-likeness (QED) is 0.850. The average molecular weight is 215 g/mol. The molecule has 0 radical (unpaired) electrons. The number of nitrogens with two attached hydrogens (primary N) is 1. The van der Waals surface area contributed by atoms with Crippen LogP contribution < -0.4 is 5.73 Å². The van der Waals surface area contributed by atoms with Crippen LogP contribution in [0, 0.1) is 0 Å². The highest BCUT2D eigenvalue weighted by Gasteiger charge is 2.05. The SMILES string of the molecule is CC(N)CCn1ccnc1-c1ccccc1. The molecule has 2 rings (SSSR count). The molecule has 16 heavy (non-hydrogen) atoms. The summed E-state index contributed by atoms with van der Waals surface area (Å²) < 4.78 is 2.15. The van der Waals surface area contributed by atoms with E-state index in [9.17, 15) is 0 Å². The van der Waals surface area contributed by atoms with Gasteiger partial charge in [0.1, 0.15) is 5.82 Å². The number of hydrogen-bond acceptors (Lipinski definition) is 2. The third kappa shape index (κ3) is 2.49. The molecular formula is C13H17N3. The van der Waals surface area contributed by atoms with Gasteiger partial charge < -0.3 is 10.3 Å². The lowest BCUT2D eigenvalue weighted by Gasteiger charge is -2.09. The van der Waals surface area contributed by atoms with E-state index in [-0.39, 0.29) is 6.04 Å². The number of aryl methyl sites for hydroxylation is 1. The Bertz CT molecular complexity index is 431. The Kier molecular flexibility index (Phi) is 3.37. The molecule has 0 fully saturated rings. The predicted molar refractivity (Wildman–Crippen MR) is 65.9 cm³/mol. The van der Waals surface area contributed by atoms with E-state index in [1.54, 1.807) is 0 Å². The molecule has 1 aromatic carbocycles. The minimum absolute atomic E-state index is 0.228. The molecule has 3 nitrogen and oxygen atoms in total. The molecule has 0 aliphatic rings. The van der Waals surface area contributed by atoms with Gasteiger partial charge in [0.2, 0.25) is 0 Å². The fraction of sp³-hybridized carbons (Fsp3) is 0.308. The zero-order chi connectivity index (χ0) is 11.4. The van der Waals surface area contributed by atoms with Crippen LogP contribution in [0.15, 0.2) is 42.7 Å². The Morgan fingerprint density at radius 3 is 2.75 bits per heavy atom. The van der Waals surface area contributed by atoms with Gasteiger partial charge in [0.15, 0.2) is 0 Å². The van der Waals surface area contributed by atoms with Gasteiger partial charge >= 0.3 is 0 Å². The van der Waals surface area contributed by atoms with E-state index in [0.29, 0.717) is 0 Å². The van der Waals surface area contributed by atoms with Crippen LogP contribution in [0.1, 0.15) is 13.3 Å². The van der Waals surface area contributed by atoms with E-state index in [0.717, 1.165) is 24.4 Å². The molecule has 0 bridgehead atoms. The minimum Gasteiger partial charge on any atom is -0.331 e. The molecule has 1 atom stereocenters. The Labute approximate surface area is 95.9 Å². The summed E-state index contributed by atoms with van der Waals surface area (Å²) >= 11 is 0. The number of benzene rings is 1. The first-order chi connectivity index (χ1) is 7.77. The highest BCUT2D eigenvalue weighted by atomic mass is 15.1. The lowest BCUT2D eigenvalue weighted by molar-refractivity contribution is 0.574. The van der Waals surface area contributed by atoms with Crippen molar-refractivity contribution in [3.63, 3.8) is 0 Å². The summed E-state index contributed by atoms with van der Waals surface area (Å²) in [5, 5.41) is 0. The molecule has 3 heteroatoms. The molecule has 0 aliphatic heterocycles. The third-order valence-electron chi connectivity index (χ3n) is 2.57. The number of aromatic nitrogens is 2. The van der Waals surface area contributed by atoms with Crippen LogP contribution in [-0.4, -0.2) is 15.6 Å². The van der Waals surface area contributed by atoms with Gasteiger partial charge in [0, 0.05) is 30.5 Å². The summed E-state index contributed by atoms with van der Waals surface area (Å²) in [6.45, 7) is 2.95. The van der Waals surface area contributed by atoms with Crippen LogP contribution in [0.4, 0.5) is 0 Å². The van der Waals surface area contributed by atoms with Crippen molar-refractivity contribution >= 4 is 0 Å². The maximum atomic E-state index is 5.76. The molecule has 1 heterocycles. The van der Waals surface area contributed by atoms with Gasteiger partial charge in [-0.25, -0.2) is 4.98 Å². The molecule has 1 aromatic heterocycles. The molecule has 2 N–H and O–H groups in total. The molecule has 0 aliphatic carbocycles. The van der Waals surface area contributed by atoms with E-state index in [1.165, 1.54) is 0 Å². The first-order valence-electron chi connectivity index (χ1n) is 5.59. The Morgan fingerprint density at radius 2 is 2.06 bits per heavy atom. The Balaban J connectivity index is 2.19. The maximum Gasteiger partial charge on any atom is 0.139 e. The van der Waals surface area contributed by atoms with Crippen LogP contribution in [-0.2, 0) is 6.54 Å². The summed E-state index contributed by atoms with van der Waals surface area (Å²) in [4.78, 5) is 4.39. The summed E-state index contributed by atoms with van der Waals surface area (Å²) in [7, 11) is 0. The Morgan fingerprint density at radius 1 is 1.31 bits per heavy atom. The van der Waals surface area contributed by atoms with Crippen molar-refractivity contribution in [3.8, 4) is 11.4 Å². The standard InChI is InChI=1S/C13H17N3/c1-11(14)7-9-16-10-8-15-13(16)12-5-3-2-4-6-12/h2-6,8,10-11H,7,9,14H2,1H3. The normalized spacial score (nSPS) is 12.6. The molecule has 1 unspecified atom stereocenters. The van der Waals surface area contributed by atoms with E-state index in [1.807, 2.05) is 37.5 Å². The first-order valence-corrected chi connectivity index (χ1v) is 5.59. The Hall–Kier alpha value is -1.61. The van der Waals surface area contributed by atoms with Crippen molar-refractivity contribution in [1.29, 1.82) is 0 Å². The average Bonchev–Trinajstić information content (AvgIpc) is 2.75. The van der Waals surface area contributed by atoms with Crippen LogP contribution >= 0.6 is 0 Å². The topological polar surface area (TPSA) is 43.8 Å². The summed E-state index contributed by atoms with van der Waals surface area (Å²) in [6, 6.07) is 10.4. The van der Waals surface area contributed by atoms with Gasteiger partial charge in [-0.05, 0) is 13.3 Å². The molecule has 0 amide bonds. The summed E-state index contributed by atoms with van der Waals surface area (Å²) in [5.41, 5.74) is 6.91. The van der Waals surface area contributed by atoms with Crippen LogP contribution in [0.3, 0.4) is 0 Å². The molecule has 2 aromatic rings. The highest BCUT2D eigenvalue weighted by Crippen LogP contribution is 2.16. The lowest BCUT2D eigenvalue weighted by Crippen LogP contribution is -2.17. The van der Waals surface area contributed by atoms with Crippen molar-refractivity contribution in [2.45, 2.75) is 25.9 Å². The summed E-state index contributed by atoms with van der Waals surface area (Å²) in [6.07, 6.45) is 4.81. The third-order valence-corrected chi connectivity index (χ3v) is 2.57. The van der Waals surface area contributed by atoms with Gasteiger partial charge in [0.05, 0.1) is 0 Å². The first kappa shape index (κ1) is 10.9. The van der Waals surface area contributed by atoms with Crippen LogP contribution in [0.25, 0.3) is 11.4 Å². The minimum atomic E-state index is 0.228. The van der Waals surface area contributed by atoms with Gasteiger partial charge in [0.25, 0.3) is 0 Å². The van der Waals surface area contributed by atoms with Crippen molar-refractivity contribution < 1.29 is 0 Å². The smallest absolute Gasteiger partial charge is 0.139 e. The number of hydrogen-bond donors (Lipinski definition) is 1. The van der Waals surface area contributed by atoms with Gasteiger partial charge in [-0.1, -0.05) is 30.3 Å². The second-order valence-corrected chi connectivity index (χ2v) is 4.08. The summed E-state index contributed by atoms with van der Waals surface area (Å²) in [5.74, 6) is 1.02. The number of rotatable bonds is 4. The fourth-order valence-corrected chi connectivity index (χ4v) is 1.68. The van der Waals surface area contributed by atoms with Crippen molar-refractivity contribution in [3.05, 3.63) is 42.7 Å². The number of nitrogens with zero attached hydrogens (tertiary/aromatic N) is 2. The van der Waals surface area contributed by atoms with Gasteiger partial charge in [-0.15, -0.1) is 0 Å². The largest absolute Gasteiger partial charge is 0.331 e. The molecule has 0 saturated carbocycles. The number of imidazole rings is 1.